The zero-order valence-electron chi connectivity index (χ0n) is 15.5. The van der Waals surface area contributed by atoms with Crippen molar-refractivity contribution in [3.8, 4) is 5.75 Å². The molecule has 1 heterocycles. The molecule has 2 rings (SSSR count). The molecule has 1 fully saturated rings. The summed E-state index contributed by atoms with van der Waals surface area (Å²) in [7, 11) is 1.73. The van der Waals surface area contributed by atoms with Gasteiger partial charge in [0.05, 0.1) is 19.6 Å². The van der Waals surface area contributed by atoms with Gasteiger partial charge in [0.2, 0.25) is 5.91 Å². The Hall–Kier alpha value is -1.30. The Morgan fingerprint density at radius 2 is 2.00 bits per heavy atom. The van der Waals surface area contributed by atoms with E-state index in [1.807, 2.05) is 19.1 Å². The number of carbonyl (C=O) groups excluding carboxylic acids is 1. The third kappa shape index (κ3) is 6.84. The van der Waals surface area contributed by atoms with E-state index in [2.05, 4.69) is 23.6 Å². The number of aryl methyl sites for hydroxylation is 2. The van der Waals surface area contributed by atoms with Crippen LogP contribution in [0.25, 0.3) is 0 Å². The first-order chi connectivity index (χ1) is 11.5. The molecule has 0 bridgehead atoms. The second-order valence-corrected chi connectivity index (χ2v) is 6.83. The van der Waals surface area contributed by atoms with Crippen LogP contribution < -0.4 is 15.4 Å². The second kappa shape index (κ2) is 10.6. The number of hydrogen-bond acceptors (Lipinski definition) is 4. The average Bonchev–Trinajstić information content (AvgIpc) is 2.56. The molecule has 0 saturated carbocycles. The summed E-state index contributed by atoms with van der Waals surface area (Å²) in [5, 5.41) is 6.42. The molecule has 1 saturated heterocycles. The predicted molar refractivity (Wildman–Crippen MR) is 103 cm³/mol. The van der Waals surface area contributed by atoms with Crippen molar-refractivity contribution in [1.29, 1.82) is 0 Å². The number of amides is 1. The lowest BCUT2D eigenvalue weighted by Gasteiger charge is -2.37. The van der Waals surface area contributed by atoms with Crippen LogP contribution in [-0.4, -0.2) is 45.9 Å². The Morgan fingerprint density at radius 1 is 1.28 bits per heavy atom. The van der Waals surface area contributed by atoms with Crippen molar-refractivity contribution < 1.29 is 14.3 Å². The Bertz CT molecular complexity index is 540. The summed E-state index contributed by atoms with van der Waals surface area (Å²) in [6.45, 7) is 7.80. The highest BCUT2D eigenvalue weighted by Gasteiger charge is 2.32. The minimum atomic E-state index is 0. The molecular formula is C19H31ClN2O3. The summed E-state index contributed by atoms with van der Waals surface area (Å²) >= 11 is 0. The van der Waals surface area contributed by atoms with E-state index in [-0.39, 0.29) is 23.7 Å². The molecule has 1 amide bonds. The van der Waals surface area contributed by atoms with Crippen LogP contribution in [0.4, 0.5) is 0 Å². The number of rotatable bonds is 8. The fourth-order valence-electron chi connectivity index (χ4n) is 3.22. The van der Waals surface area contributed by atoms with Gasteiger partial charge in [0.15, 0.2) is 0 Å². The first-order valence-electron chi connectivity index (χ1n) is 8.71. The summed E-state index contributed by atoms with van der Waals surface area (Å²) in [4.78, 5) is 12.1. The van der Waals surface area contributed by atoms with Crippen molar-refractivity contribution >= 4 is 18.3 Å². The first kappa shape index (κ1) is 21.7. The summed E-state index contributed by atoms with van der Waals surface area (Å²) < 4.78 is 11.1. The van der Waals surface area contributed by atoms with Gasteiger partial charge in [-0.15, -0.1) is 12.4 Å². The van der Waals surface area contributed by atoms with Gasteiger partial charge in [0, 0.05) is 19.1 Å². The van der Waals surface area contributed by atoms with Gasteiger partial charge >= 0.3 is 0 Å². The van der Waals surface area contributed by atoms with E-state index in [9.17, 15) is 4.79 Å². The molecule has 1 aliphatic heterocycles. The molecule has 6 heteroatoms. The summed E-state index contributed by atoms with van der Waals surface area (Å²) in [5.74, 6) is 0.886. The molecule has 1 aromatic carbocycles. The third-order valence-electron chi connectivity index (χ3n) is 4.69. The number of hydrogen-bond donors (Lipinski definition) is 2. The first-order valence-corrected chi connectivity index (χ1v) is 8.71. The highest BCUT2D eigenvalue weighted by atomic mass is 35.5. The Morgan fingerprint density at radius 3 is 2.64 bits per heavy atom. The zero-order valence-corrected chi connectivity index (χ0v) is 16.3. The number of halogens is 1. The van der Waals surface area contributed by atoms with Crippen LogP contribution in [0.5, 0.6) is 5.75 Å². The largest absolute Gasteiger partial charge is 0.493 e. The normalized spacial score (nSPS) is 16.0. The minimum Gasteiger partial charge on any atom is -0.493 e. The quantitative estimate of drug-likeness (QED) is 0.738. The Labute approximate surface area is 157 Å². The van der Waals surface area contributed by atoms with Crippen molar-refractivity contribution in [2.24, 2.45) is 5.41 Å². The molecule has 0 aromatic heterocycles. The van der Waals surface area contributed by atoms with Gasteiger partial charge in [-0.3, -0.25) is 4.79 Å². The van der Waals surface area contributed by atoms with Crippen molar-refractivity contribution in [2.45, 2.75) is 33.1 Å². The van der Waals surface area contributed by atoms with E-state index in [0.29, 0.717) is 26.2 Å². The van der Waals surface area contributed by atoms with Crippen LogP contribution in [-0.2, 0) is 9.53 Å². The highest BCUT2D eigenvalue weighted by Crippen LogP contribution is 2.28. The molecule has 142 valence electrons. The van der Waals surface area contributed by atoms with Gasteiger partial charge in [0.25, 0.3) is 0 Å². The number of carbonyl (C=O) groups is 1. The van der Waals surface area contributed by atoms with E-state index < -0.39 is 0 Å². The van der Waals surface area contributed by atoms with Crippen LogP contribution in [0.1, 0.15) is 30.4 Å². The van der Waals surface area contributed by atoms with Gasteiger partial charge < -0.3 is 20.1 Å². The van der Waals surface area contributed by atoms with Crippen LogP contribution >= 0.6 is 12.4 Å². The van der Waals surface area contributed by atoms with Crippen molar-refractivity contribution in [3.63, 3.8) is 0 Å². The number of piperidine rings is 1. The molecule has 0 atom stereocenters. The Kier molecular flexibility index (Phi) is 9.25. The predicted octanol–water partition coefficient (Wildman–Crippen LogP) is 2.63. The molecule has 0 spiro atoms. The van der Waals surface area contributed by atoms with E-state index >= 15 is 0 Å². The maximum Gasteiger partial charge on any atom is 0.223 e. The lowest BCUT2D eigenvalue weighted by molar-refractivity contribution is -0.122. The average molecular weight is 371 g/mol. The lowest BCUT2D eigenvalue weighted by atomic mass is 9.79. The molecule has 0 aliphatic carbocycles. The van der Waals surface area contributed by atoms with Crippen LogP contribution in [0.3, 0.4) is 0 Å². The third-order valence-corrected chi connectivity index (χ3v) is 4.69. The maximum atomic E-state index is 12.1. The summed E-state index contributed by atoms with van der Waals surface area (Å²) in [5.41, 5.74) is 2.37. The lowest BCUT2D eigenvalue weighted by Crippen LogP contribution is -2.47. The number of nitrogens with one attached hydrogen (secondary N) is 2. The van der Waals surface area contributed by atoms with E-state index in [1.165, 1.54) is 5.56 Å². The molecular weight excluding hydrogens is 340 g/mol. The maximum absolute atomic E-state index is 12.1. The van der Waals surface area contributed by atoms with Crippen molar-refractivity contribution in [2.75, 3.05) is 40.0 Å². The topological polar surface area (TPSA) is 59.6 Å². The minimum absolute atomic E-state index is 0. The monoisotopic (exact) mass is 370 g/mol. The molecule has 0 unspecified atom stereocenters. The van der Waals surface area contributed by atoms with Crippen molar-refractivity contribution in [3.05, 3.63) is 29.3 Å². The molecule has 5 nitrogen and oxygen atoms in total. The van der Waals surface area contributed by atoms with E-state index in [0.717, 1.165) is 37.2 Å². The molecule has 25 heavy (non-hydrogen) atoms. The SMILES string of the molecule is COCC1(CNC(=O)CCOc2ccc(C)cc2C)CCNCC1.Cl. The number of benzene rings is 1. The highest BCUT2D eigenvalue weighted by molar-refractivity contribution is 5.85. The van der Waals surface area contributed by atoms with Crippen molar-refractivity contribution in [1.82, 2.24) is 10.6 Å². The molecule has 1 aromatic rings. The zero-order chi connectivity index (χ0) is 17.4. The fourth-order valence-corrected chi connectivity index (χ4v) is 3.22. The van der Waals surface area contributed by atoms with Crippen LogP contribution in [0.2, 0.25) is 0 Å². The van der Waals surface area contributed by atoms with Gasteiger partial charge in [-0.05, 0) is 51.4 Å². The fraction of sp³-hybridized carbons (Fsp3) is 0.632. The summed E-state index contributed by atoms with van der Waals surface area (Å²) in [6, 6.07) is 6.07. The van der Waals surface area contributed by atoms with Gasteiger partial charge in [0.1, 0.15) is 5.75 Å². The van der Waals surface area contributed by atoms with Gasteiger partial charge in [-0.2, -0.15) is 0 Å². The van der Waals surface area contributed by atoms with Gasteiger partial charge in [-0.25, -0.2) is 0 Å². The molecule has 2 N–H and O–H groups in total. The van der Waals surface area contributed by atoms with E-state index in [4.69, 9.17) is 9.47 Å². The summed E-state index contributed by atoms with van der Waals surface area (Å²) in [6.07, 6.45) is 2.43. The molecule has 0 radical (unpaired) electrons. The molecule has 1 aliphatic rings. The standard InChI is InChI=1S/C19H30N2O3.ClH/c1-15-4-5-17(16(2)12-15)24-11-6-18(22)21-13-19(14-23-3)7-9-20-10-8-19;/h4-5,12,20H,6-11,13-14H2,1-3H3,(H,21,22);1H. The van der Waals surface area contributed by atoms with Crippen LogP contribution in [0.15, 0.2) is 18.2 Å². The number of methoxy groups -OCH3 is 1. The second-order valence-electron chi connectivity index (χ2n) is 6.83. The van der Waals surface area contributed by atoms with E-state index in [1.54, 1.807) is 7.11 Å². The van der Waals surface area contributed by atoms with Gasteiger partial charge in [-0.1, -0.05) is 17.7 Å². The Balaban J connectivity index is 0.00000312. The number of ether oxygens (including phenoxy) is 2. The van der Waals surface area contributed by atoms with Crippen LogP contribution in [0, 0.1) is 19.3 Å². The smallest absolute Gasteiger partial charge is 0.223 e.